The molecule has 0 radical (unpaired) electrons. The lowest BCUT2D eigenvalue weighted by atomic mass is 9.86. The van der Waals surface area contributed by atoms with Crippen LogP contribution in [0.1, 0.15) is 42.8 Å². The molecule has 1 atom stereocenters. The van der Waals surface area contributed by atoms with Gasteiger partial charge >= 0.3 is 0 Å². The molecule has 2 rings (SSSR count). The molecule has 1 nitrogen and oxygen atoms in total. The van der Waals surface area contributed by atoms with Gasteiger partial charge in [-0.15, -0.1) is 11.3 Å². The van der Waals surface area contributed by atoms with Crippen LogP contribution >= 0.6 is 22.9 Å². The molecule has 2 aromatic rings. The molecule has 0 bridgehead atoms. The van der Waals surface area contributed by atoms with E-state index in [4.69, 9.17) is 17.3 Å². The predicted molar refractivity (Wildman–Crippen MR) is 85.1 cm³/mol. The minimum atomic E-state index is 0.0259. The fraction of sp³-hybridized carbons (Fsp3) is 0.375. The van der Waals surface area contributed by atoms with Crippen LogP contribution in [-0.2, 0) is 11.8 Å². The molecule has 1 aromatic heterocycles. The van der Waals surface area contributed by atoms with Crippen molar-refractivity contribution in [2.45, 2.75) is 38.6 Å². The Morgan fingerprint density at radius 2 is 1.74 bits per heavy atom. The van der Waals surface area contributed by atoms with Gasteiger partial charge in [0.15, 0.2) is 0 Å². The molecule has 19 heavy (non-hydrogen) atoms. The van der Waals surface area contributed by atoms with Gasteiger partial charge in [0.25, 0.3) is 0 Å². The van der Waals surface area contributed by atoms with E-state index in [1.807, 2.05) is 12.1 Å². The molecule has 0 saturated heterocycles. The summed E-state index contributed by atoms with van der Waals surface area (Å²) in [5, 5.41) is 0. The summed E-state index contributed by atoms with van der Waals surface area (Å²) in [6.45, 7) is 6.67. The Morgan fingerprint density at radius 3 is 2.21 bits per heavy atom. The van der Waals surface area contributed by atoms with Crippen molar-refractivity contribution in [1.82, 2.24) is 0 Å². The van der Waals surface area contributed by atoms with E-state index in [0.717, 1.165) is 15.6 Å². The van der Waals surface area contributed by atoms with Crippen LogP contribution in [0.5, 0.6) is 0 Å². The minimum Gasteiger partial charge on any atom is -0.323 e. The van der Waals surface area contributed by atoms with Crippen molar-refractivity contribution in [1.29, 1.82) is 0 Å². The standard InChI is InChI=1S/C16H20ClNS/c1-16(2,3)12-6-4-11(5-7-12)10-13(18)14-8-9-15(17)19-14/h4-9,13H,10,18H2,1-3H3. The summed E-state index contributed by atoms with van der Waals surface area (Å²) in [5.41, 5.74) is 9.03. The van der Waals surface area contributed by atoms with E-state index in [-0.39, 0.29) is 11.5 Å². The van der Waals surface area contributed by atoms with Gasteiger partial charge in [0.2, 0.25) is 0 Å². The third-order valence-corrected chi connectivity index (χ3v) is 4.60. The van der Waals surface area contributed by atoms with Crippen LogP contribution in [0.15, 0.2) is 36.4 Å². The SMILES string of the molecule is CC(C)(C)c1ccc(CC(N)c2ccc(Cl)s2)cc1. The van der Waals surface area contributed by atoms with E-state index >= 15 is 0 Å². The van der Waals surface area contributed by atoms with Gasteiger partial charge in [-0.05, 0) is 35.1 Å². The van der Waals surface area contributed by atoms with E-state index in [1.54, 1.807) is 11.3 Å². The molecular formula is C16H20ClNS. The lowest BCUT2D eigenvalue weighted by Gasteiger charge is -2.19. The van der Waals surface area contributed by atoms with Crippen molar-refractivity contribution in [2.24, 2.45) is 5.73 Å². The van der Waals surface area contributed by atoms with Crippen LogP contribution < -0.4 is 5.73 Å². The molecule has 0 aliphatic heterocycles. The Balaban J connectivity index is 2.07. The van der Waals surface area contributed by atoms with E-state index in [9.17, 15) is 0 Å². The van der Waals surface area contributed by atoms with Crippen LogP contribution in [0.2, 0.25) is 4.34 Å². The van der Waals surface area contributed by atoms with Gasteiger partial charge in [0.1, 0.15) is 0 Å². The summed E-state index contributed by atoms with van der Waals surface area (Å²) in [6, 6.07) is 12.7. The third kappa shape index (κ3) is 3.82. The Hall–Kier alpha value is -0.830. The summed E-state index contributed by atoms with van der Waals surface area (Å²) < 4.78 is 0.800. The van der Waals surface area contributed by atoms with Crippen LogP contribution in [0, 0.1) is 0 Å². The highest BCUT2D eigenvalue weighted by Gasteiger charge is 2.14. The molecule has 0 aliphatic rings. The van der Waals surface area contributed by atoms with E-state index in [1.165, 1.54) is 11.1 Å². The Morgan fingerprint density at radius 1 is 1.11 bits per heavy atom. The van der Waals surface area contributed by atoms with Gasteiger partial charge in [-0.3, -0.25) is 0 Å². The van der Waals surface area contributed by atoms with Crippen LogP contribution in [0.3, 0.4) is 0 Å². The van der Waals surface area contributed by atoms with Gasteiger partial charge < -0.3 is 5.73 Å². The summed E-state index contributed by atoms with van der Waals surface area (Å²) in [4.78, 5) is 1.14. The van der Waals surface area contributed by atoms with E-state index < -0.39 is 0 Å². The predicted octanol–water partition coefficient (Wildman–Crippen LogP) is 4.94. The highest BCUT2D eigenvalue weighted by Crippen LogP contribution is 2.28. The van der Waals surface area contributed by atoms with Gasteiger partial charge in [-0.1, -0.05) is 56.6 Å². The third-order valence-electron chi connectivity index (χ3n) is 3.24. The molecule has 3 heteroatoms. The lowest BCUT2D eigenvalue weighted by molar-refractivity contribution is 0.589. The van der Waals surface area contributed by atoms with Gasteiger partial charge in [-0.2, -0.15) is 0 Å². The second-order valence-electron chi connectivity index (χ2n) is 5.90. The summed E-state index contributed by atoms with van der Waals surface area (Å²) in [7, 11) is 0. The molecule has 0 aliphatic carbocycles. The average Bonchev–Trinajstić information content (AvgIpc) is 2.75. The van der Waals surface area contributed by atoms with Crippen LogP contribution in [-0.4, -0.2) is 0 Å². The number of rotatable bonds is 3. The molecule has 2 N–H and O–H groups in total. The van der Waals surface area contributed by atoms with Gasteiger partial charge in [-0.25, -0.2) is 0 Å². The molecule has 0 amide bonds. The first-order chi connectivity index (χ1) is 8.86. The Kier molecular flexibility index (Phi) is 4.34. The maximum Gasteiger partial charge on any atom is 0.0931 e. The van der Waals surface area contributed by atoms with Crippen molar-refractivity contribution < 1.29 is 0 Å². The number of hydrogen-bond acceptors (Lipinski definition) is 2. The first kappa shape index (κ1) is 14.6. The fourth-order valence-electron chi connectivity index (χ4n) is 2.02. The first-order valence-corrected chi connectivity index (χ1v) is 7.66. The smallest absolute Gasteiger partial charge is 0.0931 e. The lowest BCUT2D eigenvalue weighted by Crippen LogP contribution is -2.13. The summed E-state index contributed by atoms with van der Waals surface area (Å²) in [6.07, 6.45) is 0.848. The zero-order chi connectivity index (χ0) is 14.0. The maximum absolute atomic E-state index is 6.22. The number of halogens is 1. The number of thiophene rings is 1. The highest BCUT2D eigenvalue weighted by molar-refractivity contribution is 7.16. The zero-order valence-electron chi connectivity index (χ0n) is 11.6. The summed E-state index contributed by atoms with van der Waals surface area (Å²) in [5.74, 6) is 0. The van der Waals surface area contributed by atoms with E-state index in [2.05, 4.69) is 45.0 Å². The summed E-state index contributed by atoms with van der Waals surface area (Å²) >= 11 is 7.50. The molecule has 1 heterocycles. The normalized spacial score (nSPS) is 13.5. The zero-order valence-corrected chi connectivity index (χ0v) is 13.2. The molecule has 1 aromatic carbocycles. The first-order valence-electron chi connectivity index (χ1n) is 6.46. The van der Waals surface area contributed by atoms with Crippen molar-refractivity contribution in [3.8, 4) is 0 Å². The molecule has 1 unspecified atom stereocenters. The van der Waals surface area contributed by atoms with E-state index in [0.29, 0.717) is 0 Å². The molecule has 0 spiro atoms. The van der Waals surface area contributed by atoms with Gasteiger partial charge in [0.05, 0.1) is 4.34 Å². The van der Waals surface area contributed by atoms with Crippen molar-refractivity contribution in [2.75, 3.05) is 0 Å². The molecule has 102 valence electrons. The number of nitrogens with two attached hydrogens (primary N) is 1. The number of hydrogen-bond donors (Lipinski definition) is 1. The second-order valence-corrected chi connectivity index (χ2v) is 7.65. The van der Waals surface area contributed by atoms with Crippen LogP contribution in [0.4, 0.5) is 0 Å². The molecule has 0 fully saturated rings. The second kappa shape index (κ2) is 5.66. The topological polar surface area (TPSA) is 26.0 Å². The van der Waals surface area contributed by atoms with Crippen molar-refractivity contribution >= 4 is 22.9 Å². The van der Waals surface area contributed by atoms with Crippen LogP contribution in [0.25, 0.3) is 0 Å². The minimum absolute atomic E-state index is 0.0259. The average molecular weight is 294 g/mol. The largest absolute Gasteiger partial charge is 0.323 e. The van der Waals surface area contributed by atoms with Crippen molar-refractivity contribution in [3.63, 3.8) is 0 Å². The molecular weight excluding hydrogens is 274 g/mol. The quantitative estimate of drug-likeness (QED) is 0.852. The highest BCUT2D eigenvalue weighted by atomic mass is 35.5. The van der Waals surface area contributed by atoms with Gasteiger partial charge in [0, 0.05) is 10.9 Å². The monoisotopic (exact) mass is 293 g/mol. The fourth-order valence-corrected chi connectivity index (χ4v) is 3.09. The molecule has 0 saturated carbocycles. The van der Waals surface area contributed by atoms with Crippen molar-refractivity contribution in [3.05, 3.63) is 56.7 Å². The Labute approximate surface area is 124 Å². The number of benzene rings is 1. The Bertz CT molecular complexity index is 537. The maximum atomic E-state index is 6.22.